The molecular weight excluding hydrogens is 266 g/mol. The van der Waals surface area contributed by atoms with Crippen molar-refractivity contribution in [3.63, 3.8) is 0 Å². The number of benzene rings is 2. The van der Waals surface area contributed by atoms with Crippen LogP contribution in [0.25, 0.3) is 6.08 Å². The van der Waals surface area contributed by atoms with Crippen molar-refractivity contribution < 1.29 is 14.6 Å². The number of carbonyl (C=O) groups excluding carboxylic acids is 1. The van der Waals surface area contributed by atoms with Gasteiger partial charge in [-0.05, 0) is 29.8 Å². The highest BCUT2D eigenvalue weighted by Gasteiger charge is 2.13. The molecule has 0 amide bonds. The Hall–Kier alpha value is -2.59. The second kappa shape index (κ2) is 7.26. The number of esters is 1. The minimum atomic E-state index is -0.480. The molecule has 4 heteroatoms. The van der Waals surface area contributed by atoms with Gasteiger partial charge in [0.2, 0.25) is 0 Å². The number of carbonyl (C=O) groups is 1. The van der Waals surface area contributed by atoms with Crippen LogP contribution in [-0.2, 0) is 4.74 Å². The van der Waals surface area contributed by atoms with Crippen molar-refractivity contribution in [2.24, 2.45) is 0 Å². The molecule has 0 radical (unpaired) electrons. The van der Waals surface area contributed by atoms with Crippen LogP contribution in [0.1, 0.15) is 15.9 Å². The molecule has 0 atom stereocenters. The quantitative estimate of drug-likeness (QED) is 0.799. The Labute approximate surface area is 123 Å². The monoisotopic (exact) mass is 283 g/mol. The number of anilines is 2. The molecule has 2 aromatic carbocycles. The average molecular weight is 283 g/mol. The molecule has 0 heterocycles. The molecule has 0 aliphatic heterocycles. The highest BCUT2D eigenvalue weighted by atomic mass is 16.5. The number of rotatable bonds is 6. The van der Waals surface area contributed by atoms with Crippen LogP contribution < -0.4 is 5.32 Å². The smallest absolute Gasteiger partial charge is 0.340 e. The minimum Gasteiger partial charge on any atom is -0.460 e. The van der Waals surface area contributed by atoms with E-state index in [1.165, 1.54) is 0 Å². The number of hydrogen-bond donors (Lipinski definition) is 2. The highest BCUT2D eigenvalue weighted by molar-refractivity contribution is 5.97. The van der Waals surface area contributed by atoms with Crippen LogP contribution >= 0.6 is 0 Å². The SMILES string of the molecule is C=Cc1ccc(Nc2ccccc2)c(C(=O)OCCO)c1. The van der Waals surface area contributed by atoms with Gasteiger partial charge in [-0.1, -0.05) is 36.9 Å². The second-order valence-corrected chi connectivity index (χ2v) is 4.36. The van der Waals surface area contributed by atoms with Gasteiger partial charge in [-0.15, -0.1) is 0 Å². The summed E-state index contributed by atoms with van der Waals surface area (Å²) in [4.78, 5) is 12.1. The van der Waals surface area contributed by atoms with Gasteiger partial charge in [-0.3, -0.25) is 0 Å². The van der Waals surface area contributed by atoms with E-state index < -0.39 is 5.97 Å². The van der Waals surface area contributed by atoms with Crippen LogP contribution in [0.2, 0.25) is 0 Å². The van der Waals surface area contributed by atoms with Crippen molar-refractivity contribution in [2.75, 3.05) is 18.5 Å². The van der Waals surface area contributed by atoms with Gasteiger partial charge in [0.05, 0.1) is 17.9 Å². The molecule has 4 nitrogen and oxygen atoms in total. The molecule has 21 heavy (non-hydrogen) atoms. The number of aliphatic hydroxyl groups excluding tert-OH is 1. The predicted molar refractivity (Wildman–Crippen MR) is 83.6 cm³/mol. The van der Waals surface area contributed by atoms with Gasteiger partial charge in [-0.25, -0.2) is 4.79 Å². The van der Waals surface area contributed by atoms with Gasteiger partial charge in [0.1, 0.15) is 6.61 Å². The molecule has 108 valence electrons. The minimum absolute atomic E-state index is 0.0259. The summed E-state index contributed by atoms with van der Waals surface area (Å²) in [5.41, 5.74) is 2.75. The van der Waals surface area contributed by atoms with E-state index in [1.54, 1.807) is 18.2 Å². The molecular formula is C17H17NO3. The standard InChI is InChI=1S/C17H17NO3/c1-2-13-8-9-16(18-14-6-4-3-5-7-14)15(12-13)17(20)21-11-10-19/h2-9,12,18-19H,1,10-11H2. The summed E-state index contributed by atoms with van der Waals surface area (Å²) in [6.07, 6.45) is 1.66. The van der Waals surface area contributed by atoms with E-state index in [-0.39, 0.29) is 13.2 Å². The summed E-state index contributed by atoms with van der Waals surface area (Å²) in [5, 5.41) is 11.9. The van der Waals surface area contributed by atoms with Crippen molar-refractivity contribution in [3.8, 4) is 0 Å². The Balaban J connectivity index is 2.31. The Bertz CT molecular complexity index is 623. The van der Waals surface area contributed by atoms with Crippen molar-refractivity contribution in [3.05, 3.63) is 66.2 Å². The summed E-state index contributed by atoms with van der Waals surface area (Å²) in [5.74, 6) is -0.480. The molecule has 2 aromatic rings. The van der Waals surface area contributed by atoms with Crippen molar-refractivity contribution >= 4 is 23.4 Å². The number of ether oxygens (including phenoxy) is 1. The first kappa shape index (κ1) is 14.8. The Morgan fingerprint density at radius 3 is 2.67 bits per heavy atom. The fraction of sp³-hybridized carbons (Fsp3) is 0.118. The lowest BCUT2D eigenvalue weighted by Crippen LogP contribution is -2.11. The molecule has 0 spiro atoms. The first-order valence-corrected chi connectivity index (χ1v) is 6.61. The lowest BCUT2D eigenvalue weighted by molar-refractivity contribution is 0.0435. The summed E-state index contributed by atoms with van der Waals surface area (Å²) in [6, 6.07) is 14.9. The summed E-state index contributed by atoms with van der Waals surface area (Å²) in [7, 11) is 0. The second-order valence-electron chi connectivity index (χ2n) is 4.36. The van der Waals surface area contributed by atoms with E-state index in [9.17, 15) is 4.79 Å². The molecule has 0 aromatic heterocycles. The van der Waals surface area contributed by atoms with Crippen molar-refractivity contribution in [1.29, 1.82) is 0 Å². The zero-order valence-electron chi connectivity index (χ0n) is 11.6. The number of hydrogen-bond acceptors (Lipinski definition) is 4. The van der Waals surface area contributed by atoms with E-state index in [0.717, 1.165) is 11.3 Å². The molecule has 0 saturated carbocycles. The summed E-state index contributed by atoms with van der Waals surface area (Å²) < 4.78 is 4.99. The van der Waals surface area contributed by atoms with Gasteiger partial charge in [-0.2, -0.15) is 0 Å². The normalized spacial score (nSPS) is 9.95. The molecule has 0 unspecified atom stereocenters. The Morgan fingerprint density at radius 2 is 2.00 bits per heavy atom. The maximum Gasteiger partial charge on any atom is 0.340 e. The van der Waals surface area contributed by atoms with E-state index in [0.29, 0.717) is 11.3 Å². The third kappa shape index (κ3) is 3.94. The molecule has 0 saturated heterocycles. The van der Waals surface area contributed by atoms with Crippen LogP contribution in [0, 0.1) is 0 Å². The van der Waals surface area contributed by atoms with Crippen LogP contribution in [-0.4, -0.2) is 24.3 Å². The zero-order valence-corrected chi connectivity index (χ0v) is 11.6. The first-order valence-electron chi connectivity index (χ1n) is 6.61. The lowest BCUT2D eigenvalue weighted by Gasteiger charge is -2.12. The van der Waals surface area contributed by atoms with E-state index in [1.807, 2.05) is 36.4 Å². The lowest BCUT2D eigenvalue weighted by atomic mass is 10.1. The van der Waals surface area contributed by atoms with Crippen molar-refractivity contribution in [2.45, 2.75) is 0 Å². The fourth-order valence-corrected chi connectivity index (χ4v) is 1.86. The van der Waals surface area contributed by atoms with Gasteiger partial charge >= 0.3 is 5.97 Å². The van der Waals surface area contributed by atoms with E-state index in [2.05, 4.69) is 11.9 Å². The molecule has 0 aliphatic carbocycles. The Morgan fingerprint density at radius 1 is 1.24 bits per heavy atom. The van der Waals surface area contributed by atoms with Crippen LogP contribution in [0.15, 0.2) is 55.1 Å². The largest absolute Gasteiger partial charge is 0.460 e. The molecule has 0 aliphatic rings. The van der Waals surface area contributed by atoms with Gasteiger partial charge in [0, 0.05) is 5.69 Å². The van der Waals surface area contributed by atoms with Gasteiger partial charge < -0.3 is 15.2 Å². The summed E-state index contributed by atoms with van der Waals surface area (Å²) in [6.45, 7) is 3.47. The van der Waals surface area contributed by atoms with Crippen LogP contribution in [0.3, 0.4) is 0 Å². The van der Waals surface area contributed by atoms with E-state index in [4.69, 9.17) is 9.84 Å². The van der Waals surface area contributed by atoms with Crippen LogP contribution in [0.5, 0.6) is 0 Å². The van der Waals surface area contributed by atoms with Crippen molar-refractivity contribution in [1.82, 2.24) is 0 Å². The topological polar surface area (TPSA) is 58.6 Å². The first-order chi connectivity index (χ1) is 10.2. The van der Waals surface area contributed by atoms with Gasteiger partial charge in [0.25, 0.3) is 0 Å². The third-order valence-corrected chi connectivity index (χ3v) is 2.88. The molecule has 2 N–H and O–H groups in total. The number of para-hydroxylation sites is 1. The maximum atomic E-state index is 12.1. The average Bonchev–Trinajstić information content (AvgIpc) is 2.54. The summed E-state index contributed by atoms with van der Waals surface area (Å²) >= 11 is 0. The third-order valence-electron chi connectivity index (χ3n) is 2.88. The molecule has 0 bridgehead atoms. The predicted octanol–water partition coefficient (Wildman–Crippen LogP) is 3.22. The maximum absolute atomic E-state index is 12.1. The zero-order chi connectivity index (χ0) is 15.1. The Kier molecular flexibility index (Phi) is 5.12. The number of nitrogens with one attached hydrogen (secondary N) is 1. The highest BCUT2D eigenvalue weighted by Crippen LogP contribution is 2.23. The fourth-order valence-electron chi connectivity index (χ4n) is 1.86. The van der Waals surface area contributed by atoms with Crippen LogP contribution in [0.4, 0.5) is 11.4 Å². The molecule has 2 rings (SSSR count). The van der Waals surface area contributed by atoms with Gasteiger partial charge in [0.15, 0.2) is 0 Å². The molecule has 0 fully saturated rings. The number of aliphatic hydroxyl groups is 1. The van der Waals surface area contributed by atoms with E-state index >= 15 is 0 Å².